The number of nitrogens with zero attached hydrogens (tertiary/aromatic N) is 1. The number of benzene rings is 2. The molecule has 1 heterocycles. The van der Waals surface area contributed by atoms with Crippen LogP contribution >= 0.6 is 0 Å². The molecular formula is C34H44N2O5. The molecule has 1 saturated heterocycles. The van der Waals surface area contributed by atoms with Crippen LogP contribution in [-0.2, 0) is 24.7 Å². The molecule has 1 aliphatic rings. The molecular weight excluding hydrogens is 516 g/mol. The van der Waals surface area contributed by atoms with E-state index in [1.165, 1.54) is 4.90 Å². The Morgan fingerprint density at radius 1 is 1.10 bits per heavy atom. The number of alkyl carbamates (subject to hydrolysis) is 1. The lowest BCUT2D eigenvalue weighted by Gasteiger charge is -2.35. The summed E-state index contributed by atoms with van der Waals surface area (Å²) in [4.78, 5) is 40.5. The van der Waals surface area contributed by atoms with Crippen molar-refractivity contribution in [1.82, 2.24) is 10.2 Å². The topological polar surface area (TPSA) is 84.9 Å². The maximum Gasteiger partial charge on any atom is 0.407 e. The first-order valence-electron chi connectivity index (χ1n) is 14.0. The van der Waals surface area contributed by atoms with E-state index in [1.807, 2.05) is 89.2 Å². The van der Waals surface area contributed by atoms with E-state index in [2.05, 4.69) is 18.5 Å². The van der Waals surface area contributed by atoms with Gasteiger partial charge in [0.25, 0.3) is 0 Å². The minimum Gasteiger partial charge on any atom is -0.449 e. The molecule has 0 aromatic heterocycles. The Bertz CT molecular complexity index is 1260. The van der Waals surface area contributed by atoms with Gasteiger partial charge in [0, 0.05) is 18.9 Å². The summed E-state index contributed by atoms with van der Waals surface area (Å²) in [5, 5.41) is 2.77. The van der Waals surface area contributed by atoms with Crippen LogP contribution in [0.15, 0.2) is 67.8 Å². The van der Waals surface area contributed by atoms with Crippen LogP contribution < -0.4 is 5.32 Å². The van der Waals surface area contributed by atoms with Crippen molar-refractivity contribution < 1.29 is 23.9 Å². The average molecular weight is 561 g/mol. The largest absolute Gasteiger partial charge is 0.449 e. The number of nitrogens with one attached hydrogen (secondary N) is 1. The number of rotatable bonds is 11. The van der Waals surface area contributed by atoms with E-state index in [1.54, 1.807) is 13.2 Å². The predicted octanol–water partition coefficient (Wildman–Crippen LogP) is 6.38. The maximum absolute atomic E-state index is 14.0. The lowest BCUT2D eigenvalue weighted by atomic mass is 9.85. The minimum atomic E-state index is -0.912. The smallest absolute Gasteiger partial charge is 0.407 e. The Morgan fingerprint density at radius 3 is 2.32 bits per heavy atom. The van der Waals surface area contributed by atoms with Crippen LogP contribution in [0.3, 0.4) is 0 Å². The number of likely N-dealkylation sites (tertiary alicyclic amines) is 1. The lowest BCUT2D eigenvalue weighted by Crippen LogP contribution is -2.56. The summed E-state index contributed by atoms with van der Waals surface area (Å²) in [7, 11) is 1.60. The fourth-order valence-electron chi connectivity index (χ4n) is 5.32. The van der Waals surface area contributed by atoms with Gasteiger partial charge in [-0.1, -0.05) is 102 Å². The number of ether oxygens (including phenoxy) is 2. The van der Waals surface area contributed by atoms with Gasteiger partial charge in [-0.25, -0.2) is 4.79 Å². The van der Waals surface area contributed by atoms with E-state index in [9.17, 15) is 14.4 Å². The summed E-state index contributed by atoms with van der Waals surface area (Å²) in [6.07, 6.45) is 4.70. The van der Waals surface area contributed by atoms with E-state index < -0.39 is 29.2 Å². The zero-order valence-corrected chi connectivity index (χ0v) is 25.2. The SMILES string of the molecule is C=CCC(C)(C)COC(=O)N[C@H](C(=O)N1C[C@](OC)(c2ccc(-c3ccccc3C=C)cc2)C[C@H]1C=O)C(C)(C)C. The molecule has 0 saturated carbocycles. The molecule has 0 spiro atoms. The second kappa shape index (κ2) is 12.9. The predicted molar refractivity (Wildman–Crippen MR) is 163 cm³/mol. The standard InChI is InChI=1S/C34H44N2O5/c1-9-19-33(6,7)23-41-31(39)35-29(32(3,4)5)30(38)36-22-34(40-8,20-27(36)21-37)26-17-15-25(16-18-26)28-14-12-11-13-24(28)10-2/h9-18,21,27,29H,1-2,19-20,22-23H2,3-8H3,(H,35,39)/t27-,29+,34-/m0/s1. The molecule has 1 fully saturated rings. The van der Waals surface area contributed by atoms with Crippen LogP contribution in [0.1, 0.15) is 58.6 Å². The van der Waals surface area contributed by atoms with E-state index in [0.29, 0.717) is 12.8 Å². The van der Waals surface area contributed by atoms with Crippen molar-refractivity contribution in [1.29, 1.82) is 0 Å². The van der Waals surface area contributed by atoms with Gasteiger partial charge in [-0.05, 0) is 34.1 Å². The van der Waals surface area contributed by atoms with Crippen LogP contribution in [0.5, 0.6) is 0 Å². The average Bonchev–Trinajstić information content (AvgIpc) is 3.34. The first-order chi connectivity index (χ1) is 19.3. The number of hydrogen-bond acceptors (Lipinski definition) is 5. The highest BCUT2D eigenvalue weighted by atomic mass is 16.5. The van der Waals surface area contributed by atoms with Crippen molar-refractivity contribution >= 4 is 24.4 Å². The Morgan fingerprint density at radius 2 is 1.76 bits per heavy atom. The third-order valence-corrected chi connectivity index (χ3v) is 7.76. The van der Waals surface area contributed by atoms with Gasteiger partial charge in [-0.3, -0.25) is 4.79 Å². The van der Waals surface area contributed by atoms with Gasteiger partial charge in [0.05, 0.1) is 19.2 Å². The van der Waals surface area contributed by atoms with Gasteiger partial charge in [-0.2, -0.15) is 0 Å². The molecule has 7 heteroatoms. The first kappa shape index (κ1) is 31.8. The summed E-state index contributed by atoms with van der Waals surface area (Å²) < 4.78 is 11.5. The summed E-state index contributed by atoms with van der Waals surface area (Å²) in [5.74, 6) is -0.354. The van der Waals surface area contributed by atoms with Gasteiger partial charge in [0.2, 0.25) is 5.91 Å². The monoisotopic (exact) mass is 560 g/mol. The van der Waals surface area contributed by atoms with E-state index in [-0.39, 0.29) is 24.5 Å². The first-order valence-corrected chi connectivity index (χ1v) is 14.0. The number of carbonyl (C=O) groups excluding carboxylic acids is 3. The minimum absolute atomic E-state index is 0.171. The van der Waals surface area contributed by atoms with Gasteiger partial charge >= 0.3 is 6.09 Å². The van der Waals surface area contributed by atoms with Crippen molar-refractivity contribution in [3.05, 3.63) is 78.9 Å². The molecule has 220 valence electrons. The highest BCUT2D eigenvalue weighted by Crippen LogP contribution is 2.40. The number of carbonyl (C=O) groups is 3. The fraction of sp³-hybridized carbons (Fsp3) is 0.441. The molecule has 41 heavy (non-hydrogen) atoms. The summed E-state index contributed by atoms with van der Waals surface area (Å²) in [6.45, 7) is 17.6. The van der Waals surface area contributed by atoms with Gasteiger partial charge < -0.3 is 24.5 Å². The molecule has 7 nitrogen and oxygen atoms in total. The normalized spacial score (nSPS) is 19.8. The molecule has 3 atom stereocenters. The van der Waals surface area contributed by atoms with Gasteiger partial charge in [0.1, 0.15) is 17.9 Å². The number of allylic oxidation sites excluding steroid dienone is 1. The van der Waals surface area contributed by atoms with Crippen molar-refractivity contribution in [2.75, 3.05) is 20.3 Å². The molecule has 2 aromatic rings. The summed E-state index contributed by atoms with van der Waals surface area (Å²) in [6, 6.07) is 14.4. The van der Waals surface area contributed by atoms with E-state index in [4.69, 9.17) is 9.47 Å². The zero-order valence-electron chi connectivity index (χ0n) is 25.2. The lowest BCUT2D eigenvalue weighted by molar-refractivity contribution is -0.139. The molecule has 0 bridgehead atoms. The second-order valence-electron chi connectivity index (χ2n) is 12.6. The maximum atomic E-state index is 14.0. The Kier molecular flexibility index (Phi) is 9.98. The van der Waals surface area contributed by atoms with E-state index >= 15 is 0 Å². The van der Waals surface area contributed by atoms with E-state index in [0.717, 1.165) is 28.5 Å². The second-order valence-corrected chi connectivity index (χ2v) is 12.6. The highest BCUT2D eigenvalue weighted by molar-refractivity contribution is 5.89. The molecule has 0 unspecified atom stereocenters. The Hall–Kier alpha value is -3.71. The fourth-order valence-corrected chi connectivity index (χ4v) is 5.32. The Balaban J connectivity index is 1.84. The molecule has 2 amide bonds. The van der Waals surface area contributed by atoms with Crippen LogP contribution in [0, 0.1) is 10.8 Å². The number of methoxy groups -OCH3 is 1. The van der Waals surface area contributed by atoms with Crippen molar-refractivity contribution in [2.24, 2.45) is 10.8 Å². The van der Waals surface area contributed by atoms with Crippen molar-refractivity contribution in [3.8, 4) is 11.1 Å². The van der Waals surface area contributed by atoms with Crippen LogP contribution in [0.25, 0.3) is 17.2 Å². The highest BCUT2D eigenvalue weighted by Gasteiger charge is 2.50. The third-order valence-electron chi connectivity index (χ3n) is 7.76. The number of aldehydes is 1. The van der Waals surface area contributed by atoms with Crippen molar-refractivity contribution in [3.63, 3.8) is 0 Å². The summed E-state index contributed by atoms with van der Waals surface area (Å²) >= 11 is 0. The summed E-state index contributed by atoms with van der Waals surface area (Å²) in [5.41, 5.74) is 2.19. The molecule has 1 N–H and O–H groups in total. The van der Waals surface area contributed by atoms with Crippen LogP contribution in [-0.4, -0.2) is 55.5 Å². The molecule has 1 aliphatic heterocycles. The molecule has 0 radical (unpaired) electrons. The van der Waals surface area contributed by atoms with Crippen molar-refractivity contribution in [2.45, 2.75) is 65.1 Å². The zero-order chi connectivity index (χ0) is 30.4. The quantitative estimate of drug-likeness (QED) is 0.255. The Labute approximate surface area is 244 Å². The van der Waals surface area contributed by atoms with Crippen LogP contribution in [0.2, 0.25) is 0 Å². The molecule has 0 aliphatic carbocycles. The number of amides is 2. The molecule has 2 aromatic carbocycles. The number of hydrogen-bond donors (Lipinski definition) is 1. The third kappa shape index (κ3) is 7.33. The molecule has 3 rings (SSSR count). The van der Waals surface area contributed by atoms with Gasteiger partial charge in [-0.15, -0.1) is 6.58 Å². The van der Waals surface area contributed by atoms with Crippen LogP contribution in [0.4, 0.5) is 4.79 Å². The van der Waals surface area contributed by atoms with Gasteiger partial charge in [0.15, 0.2) is 0 Å².